The van der Waals surface area contributed by atoms with Gasteiger partial charge in [-0.05, 0) is 43.9 Å². The van der Waals surface area contributed by atoms with E-state index in [4.69, 9.17) is 22.3 Å². The molecule has 2 saturated heterocycles. The van der Waals surface area contributed by atoms with Gasteiger partial charge in [0.2, 0.25) is 0 Å². The highest BCUT2D eigenvalue weighted by molar-refractivity contribution is 7.99. The Labute approximate surface area is 194 Å². The lowest BCUT2D eigenvalue weighted by atomic mass is 9.96. The number of halogens is 1. The Morgan fingerprint density at radius 2 is 1.97 bits per heavy atom. The van der Waals surface area contributed by atoms with E-state index in [1.165, 1.54) is 16.7 Å². The van der Waals surface area contributed by atoms with Crippen LogP contribution in [0.2, 0.25) is 5.02 Å². The zero-order valence-corrected chi connectivity index (χ0v) is 18.9. The fraction of sp³-hybridized carbons (Fsp3) is 0.381. The Balaban J connectivity index is 1.37. The quantitative estimate of drug-likeness (QED) is 0.582. The normalized spacial score (nSPS) is 22.3. The van der Waals surface area contributed by atoms with E-state index in [1.807, 2.05) is 12.1 Å². The summed E-state index contributed by atoms with van der Waals surface area (Å²) in [4.78, 5) is 33.9. The van der Waals surface area contributed by atoms with Gasteiger partial charge in [-0.15, -0.1) is 0 Å². The van der Waals surface area contributed by atoms with Crippen LogP contribution in [-0.4, -0.2) is 61.2 Å². The molecule has 32 heavy (non-hydrogen) atoms. The second-order valence-corrected chi connectivity index (χ2v) is 9.58. The molecule has 0 saturated carbocycles. The molecule has 0 aromatic carbocycles. The SMILES string of the molecule is CN(C(=O)O)[C@@H]1C[C@H]2CC[C@@H](C1)N2c1cnc2nc(Sc3ccnc(N)c3Cl)ccc2n1. The maximum Gasteiger partial charge on any atom is 0.407 e. The van der Waals surface area contributed by atoms with E-state index in [2.05, 4.69) is 19.9 Å². The Hall–Kier alpha value is -2.85. The van der Waals surface area contributed by atoms with Gasteiger partial charge in [0.25, 0.3) is 0 Å². The van der Waals surface area contributed by atoms with Gasteiger partial charge in [-0.25, -0.2) is 24.7 Å². The van der Waals surface area contributed by atoms with Crippen molar-refractivity contribution >= 4 is 52.3 Å². The number of carboxylic acid groups (broad SMARTS) is 1. The van der Waals surface area contributed by atoms with Crippen LogP contribution in [0.3, 0.4) is 0 Å². The lowest BCUT2D eigenvalue weighted by Gasteiger charge is -2.42. The number of pyridine rings is 2. The second kappa shape index (κ2) is 8.25. The molecular weight excluding hydrogens is 450 g/mol. The van der Waals surface area contributed by atoms with Crippen LogP contribution in [0.15, 0.2) is 40.5 Å². The third-order valence-electron chi connectivity index (χ3n) is 6.28. The fourth-order valence-corrected chi connectivity index (χ4v) is 5.73. The number of nitrogen functional groups attached to an aromatic ring is 1. The lowest BCUT2D eigenvalue weighted by molar-refractivity contribution is 0.125. The zero-order chi connectivity index (χ0) is 22.4. The first-order valence-electron chi connectivity index (χ1n) is 10.4. The van der Waals surface area contributed by atoms with Gasteiger partial charge in [-0.3, -0.25) is 0 Å². The molecule has 0 radical (unpaired) electrons. The molecule has 11 heteroatoms. The van der Waals surface area contributed by atoms with Crippen molar-refractivity contribution in [2.75, 3.05) is 17.7 Å². The number of nitrogens with two attached hydrogens (primary N) is 1. The fourth-order valence-electron chi connectivity index (χ4n) is 4.69. The smallest absolute Gasteiger partial charge is 0.407 e. The summed E-state index contributed by atoms with van der Waals surface area (Å²) in [7, 11) is 1.66. The summed E-state index contributed by atoms with van der Waals surface area (Å²) < 4.78 is 0. The topological polar surface area (TPSA) is 121 Å². The molecule has 5 rings (SSSR count). The molecule has 5 heterocycles. The van der Waals surface area contributed by atoms with Crippen LogP contribution in [0.25, 0.3) is 11.2 Å². The van der Waals surface area contributed by atoms with E-state index in [0.717, 1.165) is 46.9 Å². The van der Waals surface area contributed by atoms with Crippen molar-refractivity contribution in [1.29, 1.82) is 0 Å². The minimum absolute atomic E-state index is 0.0463. The second-order valence-electron chi connectivity index (χ2n) is 8.14. The van der Waals surface area contributed by atoms with Gasteiger partial charge >= 0.3 is 6.09 Å². The number of aromatic nitrogens is 4. The molecule has 3 atom stereocenters. The highest BCUT2D eigenvalue weighted by Crippen LogP contribution is 2.40. The zero-order valence-electron chi connectivity index (χ0n) is 17.3. The Kier molecular flexibility index (Phi) is 5.42. The van der Waals surface area contributed by atoms with Gasteiger partial charge < -0.3 is 20.6 Å². The summed E-state index contributed by atoms with van der Waals surface area (Å²) in [6.07, 6.45) is 6.21. The number of hydrogen-bond donors (Lipinski definition) is 2. The highest BCUT2D eigenvalue weighted by Gasteiger charge is 2.43. The number of piperidine rings is 1. The summed E-state index contributed by atoms with van der Waals surface area (Å²) in [5.74, 6) is 1.11. The first-order chi connectivity index (χ1) is 15.4. The van der Waals surface area contributed by atoms with E-state index in [1.54, 1.807) is 25.5 Å². The van der Waals surface area contributed by atoms with Crippen molar-refractivity contribution in [3.8, 4) is 0 Å². The first-order valence-corrected chi connectivity index (χ1v) is 11.6. The van der Waals surface area contributed by atoms with E-state index in [-0.39, 0.29) is 23.9 Å². The van der Waals surface area contributed by atoms with Gasteiger partial charge in [0, 0.05) is 36.3 Å². The summed E-state index contributed by atoms with van der Waals surface area (Å²) in [5, 5.41) is 10.5. The standard InChI is InChI=1S/C21H22ClN7O2S/c1-28(21(30)31)13-8-11-2-3-12(9-13)29(11)16-10-25-20-14(26-16)4-5-17(27-20)32-15-6-7-24-19(23)18(15)22/h4-7,10-13H,2-3,8-9H2,1H3,(H2,23,24)(H,30,31)/t11-,12+,13-. The summed E-state index contributed by atoms with van der Waals surface area (Å²) in [6.45, 7) is 0. The van der Waals surface area contributed by atoms with Crippen molar-refractivity contribution in [2.24, 2.45) is 0 Å². The number of carbonyl (C=O) groups is 1. The number of amides is 1. The van der Waals surface area contributed by atoms with Crippen LogP contribution in [0.4, 0.5) is 16.4 Å². The molecule has 0 spiro atoms. The average Bonchev–Trinajstić information content (AvgIpc) is 3.05. The van der Waals surface area contributed by atoms with Crippen molar-refractivity contribution in [1.82, 2.24) is 24.8 Å². The Morgan fingerprint density at radius 1 is 1.22 bits per heavy atom. The molecule has 2 fully saturated rings. The summed E-state index contributed by atoms with van der Waals surface area (Å²) >= 11 is 7.64. The maximum atomic E-state index is 11.4. The molecule has 0 unspecified atom stereocenters. The predicted octanol–water partition coefficient (Wildman–Crippen LogP) is 3.92. The summed E-state index contributed by atoms with van der Waals surface area (Å²) in [5.41, 5.74) is 7.06. The van der Waals surface area contributed by atoms with Crippen LogP contribution in [-0.2, 0) is 0 Å². The lowest BCUT2D eigenvalue weighted by Crippen LogP contribution is -2.51. The van der Waals surface area contributed by atoms with Crippen LogP contribution in [0.1, 0.15) is 25.7 Å². The van der Waals surface area contributed by atoms with Gasteiger partial charge in [-0.1, -0.05) is 23.4 Å². The molecule has 3 aromatic heterocycles. The molecule has 9 nitrogen and oxygen atoms in total. The van der Waals surface area contributed by atoms with Crippen molar-refractivity contribution in [3.05, 3.63) is 35.6 Å². The van der Waals surface area contributed by atoms with Crippen LogP contribution >= 0.6 is 23.4 Å². The van der Waals surface area contributed by atoms with E-state index < -0.39 is 6.09 Å². The Bertz CT molecular complexity index is 1180. The maximum absolute atomic E-state index is 11.4. The number of nitrogens with zero attached hydrogens (tertiary/aromatic N) is 6. The third-order valence-corrected chi connectivity index (χ3v) is 7.79. The Morgan fingerprint density at radius 3 is 2.69 bits per heavy atom. The summed E-state index contributed by atoms with van der Waals surface area (Å²) in [6, 6.07) is 6.19. The highest BCUT2D eigenvalue weighted by atomic mass is 35.5. The number of fused-ring (bicyclic) bond motifs is 3. The molecule has 3 N–H and O–H groups in total. The number of rotatable bonds is 4. The molecule has 1 amide bonds. The van der Waals surface area contributed by atoms with E-state index in [0.29, 0.717) is 10.7 Å². The number of anilines is 2. The molecule has 3 aromatic rings. The molecule has 2 aliphatic heterocycles. The minimum Gasteiger partial charge on any atom is -0.465 e. The van der Waals surface area contributed by atoms with Crippen LogP contribution < -0.4 is 10.6 Å². The van der Waals surface area contributed by atoms with Crippen molar-refractivity contribution in [2.45, 2.75) is 53.7 Å². The average molecular weight is 472 g/mol. The predicted molar refractivity (Wildman–Crippen MR) is 123 cm³/mol. The van der Waals surface area contributed by atoms with E-state index >= 15 is 0 Å². The largest absolute Gasteiger partial charge is 0.465 e. The van der Waals surface area contributed by atoms with Gasteiger partial charge in [-0.2, -0.15) is 0 Å². The van der Waals surface area contributed by atoms with Gasteiger partial charge in [0.15, 0.2) is 5.65 Å². The van der Waals surface area contributed by atoms with Crippen molar-refractivity contribution in [3.63, 3.8) is 0 Å². The van der Waals surface area contributed by atoms with Gasteiger partial charge in [0.05, 0.1) is 11.2 Å². The minimum atomic E-state index is -0.871. The molecule has 2 bridgehead atoms. The number of hydrogen-bond acceptors (Lipinski definition) is 8. The van der Waals surface area contributed by atoms with Crippen molar-refractivity contribution < 1.29 is 9.90 Å². The molecular formula is C21H22ClN7O2S. The van der Waals surface area contributed by atoms with Crippen LogP contribution in [0.5, 0.6) is 0 Å². The first kappa shape index (κ1) is 21.0. The molecule has 2 aliphatic rings. The van der Waals surface area contributed by atoms with Gasteiger partial charge in [0.1, 0.15) is 22.2 Å². The molecule has 0 aliphatic carbocycles. The third kappa shape index (κ3) is 3.77. The van der Waals surface area contributed by atoms with Crippen LogP contribution in [0, 0.1) is 0 Å². The van der Waals surface area contributed by atoms with E-state index in [9.17, 15) is 9.90 Å². The molecule has 166 valence electrons. The monoisotopic (exact) mass is 471 g/mol.